The van der Waals surface area contributed by atoms with Crippen LogP contribution in [0.4, 0.5) is 0 Å². The minimum atomic E-state index is -0.833. The number of carbonyl (C=O) groups excluding carboxylic acids is 2. The summed E-state index contributed by atoms with van der Waals surface area (Å²) in [6.07, 6.45) is 1.93. The van der Waals surface area contributed by atoms with Gasteiger partial charge in [-0.25, -0.2) is 0 Å². The minimum absolute atomic E-state index is 0.00809. The standard InChI is InChI=1S/C14H26O4/c1-13(2,17)9-7-11(15)5-6-12(16)8-10-14(3,4)18/h17-18H,5-10H2,1-4H3. The zero-order chi connectivity index (χ0) is 14.4. The minimum Gasteiger partial charge on any atom is -0.390 e. The largest absolute Gasteiger partial charge is 0.390 e. The Morgan fingerprint density at radius 2 is 1.00 bits per heavy atom. The predicted octanol–water partition coefficient (Wildman–Crippen LogP) is 2.01. The molecule has 0 bridgehead atoms. The Morgan fingerprint density at radius 3 is 1.22 bits per heavy atom. The molecule has 0 aliphatic heterocycles. The first kappa shape index (κ1) is 17.3. The summed E-state index contributed by atoms with van der Waals surface area (Å²) >= 11 is 0. The Labute approximate surface area is 109 Å². The molecule has 0 saturated heterocycles. The van der Waals surface area contributed by atoms with Crippen LogP contribution in [-0.4, -0.2) is 33.0 Å². The third-order valence-corrected chi connectivity index (χ3v) is 2.71. The van der Waals surface area contributed by atoms with Gasteiger partial charge in [0.15, 0.2) is 0 Å². The van der Waals surface area contributed by atoms with Crippen molar-refractivity contribution in [2.75, 3.05) is 0 Å². The van der Waals surface area contributed by atoms with Gasteiger partial charge in [0.1, 0.15) is 11.6 Å². The number of hydrogen-bond donors (Lipinski definition) is 2. The van der Waals surface area contributed by atoms with E-state index in [1.165, 1.54) is 0 Å². The van der Waals surface area contributed by atoms with Gasteiger partial charge in [-0.05, 0) is 40.5 Å². The molecule has 0 unspecified atom stereocenters. The second kappa shape index (κ2) is 7.00. The first-order valence-electron chi connectivity index (χ1n) is 6.48. The van der Waals surface area contributed by atoms with Crippen molar-refractivity contribution in [2.24, 2.45) is 0 Å². The maximum absolute atomic E-state index is 11.5. The molecule has 18 heavy (non-hydrogen) atoms. The van der Waals surface area contributed by atoms with Crippen LogP contribution >= 0.6 is 0 Å². The van der Waals surface area contributed by atoms with Crippen LogP contribution in [0.5, 0.6) is 0 Å². The zero-order valence-corrected chi connectivity index (χ0v) is 12.0. The van der Waals surface area contributed by atoms with E-state index < -0.39 is 11.2 Å². The highest BCUT2D eigenvalue weighted by Gasteiger charge is 2.17. The molecule has 0 spiro atoms. The van der Waals surface area contributed by atoms with Gasteiger partial charge in [-0.3, -0.25) is 9.59 Å². The van der Waals surface area contributed by atoms with E-state index in [0.717, 1.165) is 0 Å². The summed E-state index contributed by atoms with van der Waals surface area (Å²) in [5, 5.41) is 18.9. The summed E-state index contributed by atoms with van der Waals surface area (Å²) in [5.41, 5.74) is -1.67. The topological polar surface area (TPSA) is 74.6 Å². The van der Waals surface area contributed by atoms with Gasteiger partial charge >= 0.3 is 0 Å². The van der Waals surface area contributed by atoms with Gasteiger partial charge in [-0.15, -0.1) is 0 Å². The van der Waals surface area contributed by atoms with E-state index in [-0.39, 0.29) is 24.4 Å². The molecule has 106 valence electrons. The van der Waals surface area contributed by atoms with Crippen LogP contribution in [0.1, 0.15) is 66.2 Å². The molecule has 0 aromatic rings. The van der Waals surface area contributed by atoms with Crippen molar-refractivity contribution in [1.82, 2.24) is 0 Å². The van der Waals surface area contributed by atoms with Crippen LogP contribution in [-0.2, 0) is 9.59 Å². The molecular weight excluding hydrogens is 232 g/mol. The average Bonchev–Trinajstić information content (AvgIpc) is 2.18. The Bertz CT molecular complexity index is 251. The summed E-state index contributed by atoms with van der Waals surface area (Å²) in [5.74, 6) is 0.0162. The van der Waals surface area contributed by atoms with Crippen molar-refractivity contribution < 1.29 is 19.8 Å². The van der Waals surface area contributed by atoms with Crippen molar-refractivity contribution in [3.8, 4) is 0 Å². The van der Waals surface area contributed by atoms with Gasteiger partial charge in [0.2, 0.25) is 0 Å². The Kier molecular flexibility index (Phi) is 6.71. The van der Waals surface area contributed by atoms with Crippen LogP contribution in [0.2, 0.25) is 0 Å². The lowest BCUT2D eigenvalue weighted by atomic mass is 9.96. The summed E-state index contributed by atoms with van der Waals surface area (Å²) in [4.78, 5) is 23.0. The number of carbonyl (C=O) groups is 2. The molecule has 0 radical (unpaired) electrons. The van der Waals surface area contributed by atoms with E-state index in [1.54, 1.807) is 27.7 Å². The number of ketones is 2. The third-order valence-electron chi connectivity index (χ3n) is 2.71. The van der Waals surface area contributed by atoms with Crippen molar-refractivity contribution in [1.29, 1.82) is 0 Å². The SMILES string of the molecule is CC(C)(O)CCC(=O)CCC(=O)CCC(C)(C)O. The highest BCUT2D eigenvalue weighted by Crippen LogP contribution is 2.14. The van der Waals surface area contributed by atoms with E-state index in [9.17, 15) is 19.8 Å². The van der Waals surface area contributed by atoms with Gasteiger partial charge < -0.3 is 10.2 Å². The van der Waals surface area contributed by atoms with Crippen molar-refractivity contribution in [3.05, 3.63) is 0 Å². The highest BCUT2D eigenvalue weighted by molar-refractivity contribution is 5.86. The van der Waals surface area contributed by atoms with Crippen molar-refractivity contribution in [2.45, 2.75) is 77.4 Å². The Balaban J connectivity index is 3.76. The van der Waals surface area contributed by atoms with Crippen LogP contribution in [0.15, 0.2) is 0 Å². The molecule has 0 heterocycles. The molecule has 0 aromatic carbocycles. The first-order valence-corrected chi connectivity index (χ1v) is 6.48. The lowest BCUT2D eigenvalue weighted by Crippen LogP contribution is -2.21. The second-order valence-electron chi connectivity index (χ2n) is 6.20. The Hall–Kier alpha value is -0.740. The summed E-state index contributed by atoms with van der Waals surface area (Å²) in [6.45, 7) is 6.65. The normalized spacial score (nSPS) is 12.6. The molecule has 0 aromatic heterocycles. The fraction of sp³-hybridized carbons (Fsp3) is 0.857. The summed E-state index contributed by atoms with van der Waals surface area (Å²) in [7, 11) is 0. The highest BCUT2D eigenvalue weighted by atomic mass is 16.3. The van der Waals surface area contributed by atoms with Crippen LogP contribution in [0, 0.1) is 0 Å². The lowest BCUT2D eigenvalue weighted by molar-refractivity contribution is -0.125. The Morgan fingerprint density at radius 1 is 0.722 bits per heavy atom. The van der Waals surface area contributed by atoms with E-state index in [2.05, 4.69) is 0 Å². The van der Waals surface area contributed by atoms with E-state index in [0.29, 0.717) is 25.7 Å². The predicted molar refractivity (Wildman–Crippen MR) is 70.3 cm³/mol. The van der Waals surface area contributed by atoms with E-state index in [4.69, 9.17) is 0 Å². The smallest absolute Gasteiger partial charge is 0.133 e. The first-order chi connectivity index (χ1) is 7.99. The molecule has 4 heteroatoms. The molecule has 0 aliphatic carbocycles. The number of aliphatic hydroxyl groups is 2. The lowest BCUT2D eigenvalue weighted by Gasteiger charge is -2.16. The average molecular weight is 258 g/mol. The third kappa shape index (κ3) is 11.7. The fourth-order valence-electron chi connectivity index (χ4n) is 1.42. The molecule has 0 rings (SSSR count). The summed E-state index contributed by atoms with van der Waals surface area (Å²) in [6, 6.07) is 0. The fourth-order valence-corrected chi connectivity index (χ4v) is 1.42. The second-order valence-corrected chi connectivity index (χ2v) is 6.20. The van der Waals surface area contributed by atoms with Crippen molar-refractivity contribution >= 4 is 11.6 Å². The van der Waals surface area contributed by atoms with Crippen LogP contribution in [0.3, 0.4) is 0 Å². The monoisotopic (exact) mass is 258 g/mol. The molecular formula is C14H26O4. The van der Waals surface area contributed by atoms with Crippen LogP contribution in [0.25, 0.3) is 0 Å². The summed E-state index contributed by atoms with van der Waals surface area (Å²) < 4.78 is 0. The zero-order valence-electron chi connectivity index (χ0n) is 12.0. The van der Waals surface area contributed by atoms with Gasteiger partial charge in [-0.1, -0.05) is 0 Å². The van der Waals surface area contributed by atoms with Gasteiger partial charge in [0, 0.05) is 25.7 Å². The van der Waals surface area contributed by atoms with Gasteiger partial charge in [0.25, 0.3) is 0 Å². The molecule has 0 fully saturated rings. The molecule has 0 aliphatic rings. The van der Waals surface area contributed by atoms with E-state index in [1.807, 2.05) is 0 Å². The number of Topliss-reactive ketones (excluding diaryl/α,β-unsaturated/α-hetero) is 2. The maximum Gasteiger partial charge on any atom is 0.133 e. The number of rotatable bonds is 9. The number of hydrogen-bond acceptors (Lipinski definition) is 4. The van der Waals surface area contributed by atoms with E-state index >= 15 is 0 Å². The molecule has 0 saturated carbocycles. The molecule has 4 nitrogen and oxygen atoms in total. The van der Waals surface area contributed by atoms with Gasteiger partial charge in [0.05, 0.1) is 11.2 Å². The van der Waals surface area contributed by atoms with Crippen LogP contribution < -0.4 is 0 Å². The quantitative estimate of drug-likeness (QED) is 0.663. The molecule has 0 atom stereocenters. The van der Waals surface area contributed by atoms with Gasteiger partial charge in [-0.2, -0.15) is 0 Å². The molecule has 2 N–H and O–H groups in total. The molecule has 0 amide bonds. The van der Waals surface area contributed by atoms with Crippen molar-refractivity contribution in [3.63, 3.8) is 0 Å². The maximum atomic E-state index is 11.5.